The van der Waals surface area contributed by atoms with Crippen molar-refractivity contribution in [3.63, 3.8) is 0 Å². The number of hydrogen-bond acceptors (Lipinski definition) is 3. The van der Waals surface area contributed by atoms with Gasteiger partial charge in [-0.15, -0.1) is 11.3 Å². The molecule has 2 atom stereocenters. The van der Waals surface area contributed by atoms with Crippen LogP contribution in [0.5, 0.6) is 0 Å². The molecule has 2 aromatic rings. The van der Waals surface area contributed by atoms with Gasteiger partial charge in [0.25, 0.3) is 0 Å². The Morgan fingerprint density at radius 3 is 3.24 bits per heavy atom. The van der Waals surface area contributed by atoms with Crippen molar-refractivity contribution in [2.45, 2.75) is 37.9 Å². The largest absolute Gasteiger partial charge is 0.333 e. The fourth-order valence-corrected chi connectivity index (χ4v) is 3.30. The number of rotatable bonds is 4. The van der Waals surface area contributed by atoms with Crippen molar-refractivity contribution in [3.8, 4) is 0 Å². The zero-order valence-electron chi connectivity index (χ0n) is 9.75. The third-order valence-electron chi connectivity index (χ3n) is 3.51. The van der Waals surface area contributed by atoms with Gasteiger partial charge >= 0.3 is 0 Å². The Kier molecular flexibility index (Phi) is 3.25. The van der Waals surface area contributed by atoms with E-state index >= 15 is 0 Å². The van der Waals surface area contributed by atoms with Crippen LogP contribution >= 0.6 is 11.3 Å². The molecular weight excluding hydrogens is 230 g/mol. The molecule has 1 aliphatic rings. The zero-order valence-corrected chi connectivity index (χ0v) is 10.6. The van der Waals surface area contributed by atoms with Crippen LogP contribution in [0.2, 0.25) is 0 Å². The first-order valence-corrected chi connectivity index (χ1v) is 7.04. The molecule has 2 aromatic heterocycles. The number of thiophene rings is 1. The maximum Gasteiger partial charge on any atom is 0.0949 e. The van der Waals surface area contributed by atoms with Crippen LogP contribution in [0.15, 0.2) is 36.2 Å². The molecule has 0 amide bonds. The summed E-state index contributed by atoms with van der Waals surface area (Å²) in [5.74, 6) is 0. The second-order valence-electron chi connectivity index (χ2n) is 4.57. The second-order valence-corrected chi connectivity index (χ2v) is 5.61. The van der Waals surface area contributed by atoms with Gasteiger partial charge in [-0.2, -0.15) is 0 Å². The first-order valence-electron chi connectivity index (χ1n) is 6.17. The van der Waals surface area contributed by atoms with Gasteiger partial charge in [0.15, 0.2) is 0 Å². The maximum atomic E-state index is 4.15. The standard InChI is InChI=1S/C13H17N3S/c1-4-12(15-9-11-3-2-8-17-11)13(5-1)16-7-6-14-10-16/h2-3,6-8,10,12-13,15H,1,4-5,9H2. The molecule has 1 N–H and O–H groups in total. The van der Waals surface area contributed by atoms with E-state index in [1.807, 2.05) is 23.9 Å². The van der Waals surface area contributed by atoms with Crippen molar-refractivity contribution in [1.29, 1.82) is 0 Å². The van der Waals surface area contributed by atoms with Gasteiger partial charge in [-0.25, -0.2) is 4.98 Å². The molecule has 17 heavy (non-hydrogen) atoms. The van der Waals surface area contributed by atoms with Crippen molar-refractivity contribution in [2.75, 3.05) is 0 Å². The minimum Gasteiger partial charge on any atom is -0.333 e. The van der Waals surface area contributed by atoms with Crippen LogP contribution < -0.4 is 5.32 Å². The lowest BCUT2D eigenvalue weighted by Crippen LogP contribution is -2.32. The first-order chi connectivity index (χ1) is 8.43. The lowest BCUT2D eigenvalue weighted by atomic mass is 10.1. The monoisotopic (exact) mass is 247 g/mol. The van der Waals surface area contributed by atoms with E-state index in [0.29, 0.717) is 12.1 Å². The molecule has 90 valence electrons. The van der Waals surface area contributed by atoms with E-state index in [1.165, 1.54) is 24.1 Å². The van der Waals surface area contributed by atoms with Crippen molar-refractivity contribution in [3.05, 3.63) is 41.1 Å². The summed E-state index contributed by atoms with van der Waals surface area (Å²) in [5, 5.41) is 5.82. The average Bonchev–Trinajstić information content (AvgIpc) is 3.09. The maximum absolute atomic E-state index is 4.15. The molecule has 3 nitrogen and oxygen atoms in total. The van der Waals surface area contributed by atoms with E-state index in [0.717, 1.165) is 6.54 Å². The summed E-state index contributed by atoms with van der Waals surface area (Å²) in [6.07, 6.45) is 9.73. The number of nitrogens with one attached hydrogen (secondary N) is 1. The summed E-state index contributed by atoms with van der Waals surface area (Å²) in [7, 11) is 0. The highest BCUT2D eigenvalue weighted by Crippen LogP contribution is 2.30. The topological polar surface area (TPSA) is 29.9 Å². The SMILES string of the molecule is c1csc(CNC2CCCC2n2ccnc2)c1. The van der Waals surface area contributed by atoms with E-state index in [9.17, 15) is 0 Å². The Morgan fingerprint density at radius 2 is 2.47 bits per heavy atom. The Morgan fingerprint density at radius 1 is 1.47 bits per heavy atom. The van der Waals surface area contributed by atoms with Gasteiger partial charge in [-0.3, -0.25) is 0 Å². The van der Waals surface area contributed by atoms with Crippen molar-refractivity contribution < 1.29 is 0 Å². The molecule has 0 bridgehead atoms. The van der Waals surface area contributed by atoms with Crippen LogP contribution in [-0.4, -0.2) is 15.6 Å². The molecule has 0 aliphatic heterocycles. The van der Waals surface area contributed by atoms with E-state index in [4.69, 9.17) is 0 Å². The molecule has 2 unspecified atom stereocenters. The Hall–Kier alpha value is -1.13. The second kappa shape index (κ2) is 5.02. The molecule has 0 spiro atoms. The van der Waals surface area contributed by atoms with Gasteiger partial charge in [-0.05, 0) is 30.7 Å². The Bertz CT molecular complexity index is 435. The third-order valence-corrected chi connectivity index (χ3v) is 4.38. The fourth-order valence-electron chi connectivity index (χ4n) is 2.65. The third kappa shape index (κ3) is 2.42. The number of hydrogen-bond donors (Lipinski definition) is 1. The minimum atomic E-state index is 0.581. The quantitative estimate of drug-likeness (QED) is 0.900. The van der Waals surface area contributed by atoms with Crippen LogP contribution in [0, 0.1) is 0 Å². The van der Waals surface area contributed by atoms with Crippen LogP contribution in [0.4, 0.5) is 0 Å². The number of aromatic nitrogens is 2. The summed E-state index contributed by atoms with van der Waals surface area (Å²) >= 11 is 1.82. The molecule has 0 aromatic carbocycles. The highest BCUT2D eigenvalue weighted by molar-refractivity contribution is 7.09. The van der Waals surface area contributed by atoms with Crippen molar-refractivity contribution in [2.24, 2.45) is 0 Å². The summed E-state index contributed by atoms with van der Waals surface area (Å²) in [6.45, 7) is 0.994. The minimum absolute atomic E-state index is 0.581. The molecular formula is C13H17N3S. The zero-order chi connectivity index (χ0) is 11.5. The average molecular weight is 247 g/mol. The molecule has 4 heteroatoms. The van der Waals surface area contributed by atoms with Crippen LogP contribution in [-0.2, 0) is 6.54 Å². The molecule has 3 rings (SSSR count). The first kappa shape index (κ1) is 11.0. The van der Waals surface area contributed by atoms with Crippen LogP contribution in [0.1, 0.15) is 30.2 Å². The highest BCUT2D eigenvalue weighted by Gasteiger charge is 2.27. The van der Waals surface area contributed by atoms with E-state index in [1.54, 1.807) is 0 Å². The van der Waals surface area contributed by atoms with Crippen LogP contribution in [0.25, 0.3) is 0 Å². The smallest absolute Gasteiger partial charge is 0.0949 e. The predicted octanol–water partition coefficient (Wildman–Crippen LogP) is 2.83. The summed E-state index contributed by atoms with van der Waals surface area (Å²) < 4.78 is 2.25. The lowest BCUT2D eigenvalue weighted by molar-refractivity contribution is 0.391. The van der Waals surface area contributed by atoms with E-state index in [2.05, 4.69) is 38.6 Å². The molecule has 0 saturated heterocycles. The van der Waals surface area contributed by atoms with E-state index in [-0.39, 0.29) is 0 Å². The predicted molar refractivity (Wildman–Crippen MR) is 70.1 cm³/mol. The molecule has 1 fully saturated rings. The lowest BCUT2D eigenvalue weighted by Gasteiger charge is -2.21. The molecule has 1 aliphatic carbocycles. The molecule has 1 saturated carbocycles. The number of nitrogens with zero attached hydrogens (tertiary/aromatic N) is 2. The van der Waals surface area contributed by atoms with Gasteiger partial charge in [0.1, 0.15) is 0 Å². The van der Waals surface area contributed by atoms with Crippen LogP contribution in [0.3, 0.4) is 0 Å². The number of imidazole rings is 1. The summed E-state index contributed by atoms with van der Waals surface area (Å²) in [5.41, 5.74) is 0. The van der Waals surface area contributed by atoms with Gasteiger partial charge in [0, 0.05) is 35.9 Å². The van der Waals surface area contributed by atoms with Crippen molar-refractivity contribution in [1.82, 2.24) is 14.9 Å². The summed E-state index contributed by atoms with van der Waals surface area (Å²) in [6, 6.07) is 5.48. The van der Waals surface area contributed by atoms with E-state index < -0.39 is 0 Å². The van der Waals surface area contributed by atoms with Gasteiger partial charge < -0.3 is 9.88 Å². The molecule has 0 radical (unpaired) electrons. The van der Waals surface area contributed by atoms with Gasteiger partial charge in [0.2, 0.25) is 0 Å². The highest BCUT2D eigenvalue weighted by atomic mass is 32.1. The summed E-state index contributed by atoms with van der Waals surface area (Å²) in [4.78, 5) is 5.57. The van der Waals surface area contributed by atoms with Crippen molar-refractivity contribution >= 4 is 11.3 Å². The Labute approximate surface area is 106 Å². The van der Waals surface area contributed by atoms with Gasteiger partial charge in [0.05, 0.1) is 6.33 Å². The Balaban J connectivity index is 1.62. The fraction of sp³-hybridized carbons (Fsp3) is 0.462. The molecule has 2 heterocycles. The normalized spacial score (nSPS) is 24.2. The van der Waals surface area contributed by atoms with Gasteiger partial charge in [-0.1, -0.05) is 6.07 Å².